The number of methoxy groups -OCH3 is 1. The van der Waals surface area contributed by atoms with E-state index in [-0.39, 0.29) is 6.61 Å². The summed E-state index contributed by atoms with van der Waals surface area (Å²) < 4.78 is 11.6. The van der Waals surface area contributed by atoms with Gasteiger partial charge in [-0.3, -0.25) is 9.80 Å². The fraction of sp³-hybridized carbons (Fsp3) is 0.409. The molecule has 1 aliphatic rings. The van der Waals surface area contributed by atoms with E-state index in [9.17, 15) is 0 Å². The molecular weight excluding hydrogens is 354 g/mol. The van der Waals surface area contributed by atoms with Gasteiger partial charge in [-0.05, 0) is 24.4 Å². The molecule has 0 aliphatic carbocycles. The maximum Gasteiger partial charge on any atom is 0.227 e. The second-order valence-corrected chi connectivity index (χ2v) is 7.22. The van der Waals surface area contributed by atoms with E-state index in [1.165, 1.54) is 0 Å². The molecule has 3 aromatic rings. The Morgan fingerprint density at radius 1 is 1.04 bits per heavy atom. The van der Waals surface area contributed by atoms with Gasteiger partial charge >= 0.3 is 0 Å². The standard InChI is InChI=1S/C22H27N3O3/c1-16-20(15-25-11-9-24(10-12-25)13-14-26)23-22(28-16)19-7-8-21(27-2)18-6-4-3-5-17(18)19/h3-8,26H,9-15H2,1-2H3. The lowest BCUT2D eigenvalue weighted by Crippen LogP contribution is -2.46. The number of ether oxygens (including phenoxy) is 1. The van der Waals surface area contributed by atoms with Crippen molar-refractivity contribution < 1.29 is 14.3 Å². The number of aromatic nitrogens is 1. The Hall–Kier alpha value is -2.41. The number of hydrogen-bond donors (Lipinski definition) is 1. The van der Waals surface area contributed by atoms with Crippen molar-refractivity contribution in [1.29, 1.82) is 0 Å². The molecule has 6 nitrogen and oxygen atoms in total. The second kappa shape index (κ2) is 8.31. The predicted molar refractivity (Wildman–Crippen MR) is 110 cm³/mol. The number of hydrogen-bond acceptors (Lipinski definition) is 6. The molecule has 1 aliphatic heterocycles. The van der Waals surface area contributed by atoms with Gasteiger partial charge in [0.15, 0.2) is 0 Å². The van der Waals surface area contributed by atoms with E-state index in [0.717, 1.165) is 72.8 Å². The number of aryl methyl sites for hydroxylation is 1. The third-order valence-corrected chi connectivity index (χ3v) is 5.48. The maximum atomic E-state index is 9.09. The monoisotopic (exact) mass is 381 g/mol. The molecule has 0 saturated carbocycles. The highest BCUT2D eigenvalue weighted by atomic mass is 16.5. The van der Waals surface area contributed by atoms with Gasteiger partial charge in [0.05, 0.1) is 19.4 Å². The highest BCUT2D eigenvalue weighted by Crippen LogP contribution is 2.34. The third-order valence-electron chi connectivity index (χ3n) is 5.48. The van der Waals surface area contributed by atoms with E-state index < -0.39 is 0 Å². The average molecular weight is 381 g/mol. The van der Waals surface area contributed by atoms with Crippen LogP contribution in [0.4, 0.5) is 0 Å². The van der Waals surface area contributed by atoms with E-state index in [1.807, 2.05) is 31.2 Å². The number of β-amino-alcohol motifs (C(OH)–C–C–N with tert-alkyl or cyclic N) is 1. The van der Waals surface area contributed by atoms with Crippen LogP contribution >= 0.6 is 0 Å². The Morgan fingerprint density at radius 3 is 2.46 bits per heavy atom. The number of aliphatic hydroxyl groups excluding tert-OH is 1. The van der Waals surface area contributed by atoms with E-state index >= 15 is 0 Å². The summed E-state index contributed by atoms with van der Waals surface area (Å²) >= 11 is 0. The Kier molecular flexibility index (Phi) is 5.62. The zero-order valence-electron chi connectivity index (χ0n) is 16.5. The van der Waals surface area contributed by atoms with E-state index in [2.05, 4.69) is 21.9 Å². The van der Waals surface area contributed by atoms with Crippen LogP contribution in [0.5, 0.6) is 5.75 Å². The van der Waals surface area contributed by atoms with Crippen molar-refractivity contribution in [3.05, 3.63) is 47.9 Å². The summed E-state index contributed by atoms with van der Waals surface area (Å²) in [5.41, 5.74) is 1.98. The number of oxazole rings is 1. The Morgan fingerprint density at radius 2 is 1.75 bits per heavy atom. The number of fused-ring (bicyclic) bond motifs is 1. The van der Waals surface area contributed by atoms with Crippen molar-refractivity contribution in [3.8, 4) is 17.2 Å². The molecule has 1 fully saturated rings. The van der Waals surface area contributed by atoms with Crippen molar-refractivity contribution in [2.24, 2.45) is 0 Å². The van der Waals surface area contributed by atoms with Crippen LogP contribution in [0.15, 0.2) is 40.8 Å². The third kappa shape index (κ3) is 3.76. The SMILES string of the molecule is COc1ccc(-c2nc(CN3CCN(CCO)CC3)c(C)o2)c2ccccc12. The normalized spacial score (nSPS) is 16.0. The molecule has 4 rings (SSSR count). The van der Waals surface area contributed by atoms with Crippen LogP contribution in [0, 0.1) is 6.92 Å². The summed E-state index contributed by atoms with van der Waals surface area (Å²) in [6.45, 7) is 7.67. The maximum absolute atomic E-state index is 9.09. The molecule has 6 heteroatoms. The minimum Gasteiger partial charge on any atom is -0.496 e. The fourth-order valence-electron chi connectivity index (χ4n) is 3.85. The molecule has 0 radical (unpaired) electrons. The summed E-state index contributed by atoms with van der Waals surface area (Å²) in [5, 5.41) is 11.2. The Bertz CT molecular complexity index is 945. The summed E-state index contributed by atoms with van der Waals surface area (Å²) in [7, 11) is 1.69. The summed E-state index contributed by atoms with van der Waals surface area (Å²) in [4.78, 5) is 9.52. The van der Waals surface area contributed by atoms with Gasteiger partial charge in [-0.15, -0.1) is 0 Å². The van der Waals surface area contributed by atoms with Crippen molar-refractivity contribution in [1.82, 2.24) is 14.8 Å². The van der Waals surface area contributed by atoms with E-state index in [1.54, 1.807) is 7.11 Å². The van der Waals surface area contributed by atoms with Crippen molar-refractivity contribution in [2.75, 3.05) is 46.4 Å². The zero-order chi connectivity index (χ0) is 19.5. The topological polar surface area (TPSA) is 62.0 Å². The summed E-state index contributed by atoms with van der Waals surface area (Å²) in [5.74, 6) is 2.38. The first-order valence-corrected chi connectivity index (χ1v) is 9.77. The molecule has 0 bridgehead atoms. The molecule has 148 valence electrons. The van der Waals surface area contributed by atoms with Gasteiger partial charge in [0.2, 0.25) is 5.89 Å². The van der Waals surface area contributed by atoms with Gasteiger partial charge in [-0.25, -0.2) is 4.98 Å². The molecule has 0 spiro atoms. The first-order valence-electron chi connectivity index (χ1n) is 9.77. The first-order chi connectivity index (χ1) is 13.7. The fourth-order valence-corrected chi connectivity index (χ4v) is 3.85. The van der Waals surface area contributed by atoms with Gasteiger partial charge < -0.3 is 14.3 Å². The smallest absolute Gasteiger partial charge is 0.227 e. The first kappa shape index (κ1) is 18.9. The molecule has 2 aromatic carbocycles. The van der Waals surface area contributed by atoms with Crippen molar-refractivity contribution >= 4 is 10.8 Å². The Balaban J connectivity index is 1.56. The van der Waals surface area contributed by atoms with Crippen LogP contribution in [0.2, 0.25) is 0 Å². The lowest BCUT2D eigenvalue weighted by atomic mass is 10.0. The van der Waals surface area contributed by atoms with Crippen LogP contribution in [-0.2, 0) is 6.54 Å². The minimum absolute atomic E-state index is 0.224. The lowest BCUT2D eigenvalue weighted by molar-refractivity contribution is 0.107. The molecule has 0 atom stereocenters. The predicted octanol–water partition coefficient (Wildman–Crippen LogP) is 2.92. The largest absolute Gasteiger partial charge is 0.496 e. The van der Waals surface area contributed by atoms with Crippen molar-refractivity contribution in [3.63, 3.8) is 0 Å². The molecule has 1 saturated heterocycles. The molecule has 28 heavy (non-hydrogen) atoms. The van der Waals surface area contributed by atoms with Gasteiger partial charge in [0.25, 0.3) is 0 Å². The van der Waals surface area contributed by atoms with Gasteiger partial charge in [0, 0.05) is 50.2 Å². The molecule has 1 aromatic heterocycles. The minimum atomic E-state index is 0.224. The zero-order valence-corrected chi connectivity index (χ0v) is 16.5. The van der Waals surface area contributed by atoms with E-state index in [4.69, 9.17) is 19.2 Å². The van der Waals surface area contributed by atoms with Crippen LogP contribution in [-0.4, -0.2) is 66.3 Å². The number of benzene rings is 2. The van der Waals surface area contributed by atoms with E-state index in [0.29, 0.717) is 5.89 Å². The van der Waals surface area contributed by atoms with Crippen molar-refractivity contribution in [2.45, 2.75) is 13.5 Å². The van der Waals surface area contributed by atoms with Gasteiger partial charge in [0.1, 0.15) is 11.5 Å². The second-order valence-electron chi connectivity index (χ2n) is 7.22. The highest BCUT2D eigenvalue weighted by Gasteiger charge is 2.20. The van der Waals surface area contributed by atoms with Crippen LogP contribution in [0.3, 0.4) is 0 Å². The number of aliphatic hydroxyl groups is 1. The van der Waals surface area contributed by atoms with Gasteiger partial charge in [-0.1, -0.05) is 24.3 Å². The lowest BCUT2D eigenvalue weighted by Gasteiger charge is -2.33. The number of rotatable bonds is 6. The van der Waals surface area contributed by atoms with Gasteiger partial charge in [-0.2, -0.15) is 0 Å². The number of nitrogens with zero attached hydrogens (tertiary/aromatic N) is 3. The Labute approximate surface area is 165 Å². The van der Waals surface area contributed by atoms with Crippen LogP contribution in [0.25, 0.3) is 22.2 Å². The average Bonchev–Trinajstić information content (AvgIpc) is 3.09. The molecule has 0 amide bonds. The van der Waals surface area contributed by atoms with Crippen LogP contribution in [0.1, 0.15) is 11.5 Å². The molecule has 2 heterocycles. The summed E-state index contributed by atoms with van der Waals surface area (Å²) in [6, 6.07) is 12.2. The highest BCUT2D eigenvalue weighted by molar-refractivity contribution is 5.98. The quantitative estimate of drug-likeness (QED) is 0.708. The molecule has 0 unspecified atom stereocenters. The number of piperazine rings is 1. The van der Waals surface area contributed by atoms with Crippen LogP contribution < -0.4 is 4.74 Å². The molecular formula is C22H27N3O3. The summed E-state index contributed by atoms with van der Waals surface area (Å²) in [6.07, 6.45) is 0. The molecule has 1 N–H and O–H groups in total.